The molecule has 3 rings (SSSR count). The van der Waals surface area contributed by atoms with E-state index >= 15 is 0 Å². The molecule has 0 aromatic carbocycles. The van der Waals surface area contributed by atoms with Crippen molar-refractivity contribution in [2.75, 3.05) is 6.54 Å². The molecule has 13 heteroatoms. The molecule has 2 aliphatic heterocycles. The number of allylic oxidation sites excluding steroid dienone is 3. The monoisotopic (exact) mass is 490 g/mol. The van der Waals surface area contributed by atoms with E-state index in [1.807, 2.05) is 20.8 Å². The Bertz CT molecular complexity index is 989. The molecule has 1 unspecified atom stereocenters. The molecule has 1 fully saturated rings. The van der Waals surface area contributed by atoms with Crippen LogP contribution in [0.2, 0.25) is 0 Å². The third kappa shape index (κ3) is 5.63. The van der Waals surface area contributed by atoms with Crippen molar-refractivity contribution in [3.05, 3.63) is 53.4 Å². The summed E-state index contributed by atoms with van der Waals surface area (Å²) in [5.74, 6) is 4.06. The highest BCUT2D eigenvalue weighted by molar-refractivity contribution is 6.62. The van der Waals surface area contributed by atoms with Crippen LogP contribution in [-0.2, 0) is 9.31 Å². The Labute approximate surface area is 194 Å². The van der Waals surface area contributed by atoms with Gasteiger partial charge in [-0.25, -0.2) is 15.2 Å². The summed E-state index contributed by atoms with van der Waals surface area (Å²) in [5, 5.41) is 5.04. The van der Waals surface area contributed by atoms with Crippen molar-refractivity contribution in [2.24, 2.45) is 5.84 Å². The molecule has 0 amide bonds. The summed E-state index contributed by atoms with van der Waals surface area (Å²) in [5.41, 5.74) is -0.867. The second kappa shape index (κ2) is 9.17. The molecule has 180 valence electrons. The molecule has 3 heterocycles. The average Bonchev–Trinajstić information content (AvgIpc) is 2.94. The lowest BCUT2D eigenvalue weighted by atomic mass is 9.80. The number of hydrazine groups is 1. The highest BCUT2D eigenvalue weighted by Crippen LogP contribution is 2.37. The molecule has 1 aromatic heterocycles. The van der Waals surface area contributed by atoms with E-state index in [1.165, 1.54) is 5.01 Å². The Balaban J connectivity index is 1.70. The predicted octanol–water partition coefficient (Wildman–Crippen LogP) is 3.09. The van der Waals surface area contributed by atoms with Gasteiger partial charge in [0, 0.05) is 35.6 Å². The number of nitrogens with zero attached hydrogens (tertiary/aromatic N) is 2. The number of rotatable bonds is 6. The fourth-order valence-electron chi connectivity index (χ4n) is 3.04. The zero-order valence-corrected chi connectivity index (χ0v) is 19.2. The lowest BCUT2D eigenvalue weighted by molar-refractivity contribution is -0.190. The van der Waals surface area contributed by atoms with Gasteiger partial charge in [0.25, 0.3) is 5.88 Å². The molecule has 7 nitrogen and oxygen atoms in total. The highest BCUT2D eigenvalue weighted by atomic mass is 35.5. The first-order chi connectivity index (χ1) is 15.2. The summed E-state index contributed by atoms with van der Waals surface area (Å²) < 4.78 is 69.1. The molecule has 2 atom stereocenters. The molecule has 1 aromatic rings. The number of nitrogens with one attached hydrogen (secondary N) is 1. The molecule has 3 N–H and O–H groups in total. The Morgan fingerprint density at radius 2 is 2.06 bits per heavy atom. The lowest BCUT2D eigenvalue weighted by Crippen LogP contribution is -2.51. The van der Waals surface area contributed by atoms with E-state index in [4.69, 9.17) is 26.8 Å². The average molecular weight is 491 g/mol. The predicted molar refractivity (Wildman–Crippen MR) is 116 cm³/mol. The summed E-state index contributed by atoms with van der Waals surface area (Å²) in [6.07, 6.45) is 0.909. The smallest absolute Gasteiger partial charge is 0.463 e. The van der Waals surface area contributed by atoms with Crippen LogP contribution in [0.25, 0.3) is 0 Å². The van der Waals surface area contributed by atoms with Crippen LogP contribution in [0.1, 0.15) is 27.7 Å². The topological polar surface area (TPSA) is 81.9 Å². The maximum Gasteiger partial charge on any atom is 0.496 e. The number of nitrogens with two attached hydrogens (primary N) is 1. The molecule has 0 saturated carbocycles. The SMILES string of the molecule is C[C@H](Oc1ncc(B2OC(C)(C)C(C)(CN/C=C3/C=C(Cl)C=CN3N)O2)cc1F)C(F)(F)F. The minimum atomic E-state index is -4.64. The van der Waals surface area contributed by atoms with Crippen molar-refractivity contribution in [1.29, 1.82) is 0 Å². The number of alkyl halides is 3. The van der Waals surface area contributed by atoms with Gasteiger partial charge in [-0.3, -0.25) is 5.01 Å². The van der Waals surface area contributed by atoms with Gasteiger partial charge < -0.3 is 19.4 Å². The number of halogens is 5. The third-order valence-electron chi connectivity index (χ3n) is 5.56. The van der Waals surface area contributed by atoms with Gasteiger partial charge in [-0.05, 0) is 45.9 Å². The molecule has 0 spiro atoms. The summed E-state index contributed by atoms with van der Waals surface area (Å²) in [7, 11) is -0.992. The molecular weight excluding hydrogens is 467 g/mol. The number of hydrogen-bond donors (Lipinski definition) is 2. The van der Waals surface area contributed by atoms with E-state index < -0.39 is 42.3 Å². The normalized spacial score (nSPS) is 24.8. The fourth-order valence-corrected chi connectivity index (χ4v) is 3.21. The number of pyridine rings is 1. The lowest BCUT2D eigenvalue weighted by Gasteiger charge is -2.36. The Morgan fingerprint density at radius 1 is 1.36 bits per heavy atom. The minimum absolute atomic E-state index is 0.204. The van der Waals surface area contributed by atoms with Crippen molar-refractivity contribution in [3.8, 4) is 5.88 Å². The highest BCUT2D eigenvalue weighted by Gasteiger charge is 2.54. The number of ether oxygens (including phenoxy) is 1. The second-order valence-electron chi connectivity index (χ2n) is 8.37. The quantitative estimate of drug-likeness (QED) is 0.360. The van der Waals surface area contributed by atoms with Crippen LogP contribution < -0.4 is 21.4 Å². The molecular formula is C20H24BClF4N4O3. The molecule has 0 radical (unpaired) electrons. The minimum Gasteiger partial charge on any atom is -0.463 e. The first-order valence-electron chi connectivity index (χ1n) is 9.99. The van der Waals surface area contributed by atoms with Gasteiger partial charge in [-0.2, -0.15) is 13.2 Å². The number of hydrogen-bond acceptors (Lipinski definition) is 7. The molecule has 0 bridgehead atoms. The van der Waals surface area contributed by atoms with Crippen LogP contribution in [0, 0.1) is 5.82 Å². The molecule has 1 saturated heterocycles. The Hall–Kier alpha value is -2.28. The van der Waals surface area contributed by atoms with Crippen LogP contribution in [-0.4, -0.2) is 47.1 Å². The van der Waals surface area contributed by atoms with E-state index in [-0.39, 0.29) is 5.46 Å². The van der Waals surface area contributed by atoms with Crippen molar-refractivity contribution < 1.29 is 31.6 Å². The number of aromatic nitrogens is 1. The zero-order chi connectivity index (χ0) is 24.6. The van der Waals surface area contributed by atoms with E-state index in [1.54, 1.807) is 24.6 Å². The van der Waals surface area contributed by atoms with Gasteiger partial charge >= 0.3 is 13.3 Å². The molecule has 0 aliphatic carbocycles. The van der Waals surface area contributed by atoms with Crippen molar-refractivity contribution in [2.45, 2.75) is 51.2 Å². The van der Waals surface area contributed by atoms with Crippen molar-refractivity contribution >= 4 is 24.2 Å². The Morgan fingerprint density at radius 3 is 2.70 bits per heavy atom. The Kier molecular flexibility index (Phi) is 7.04. The van der Waals surface area contributed by atoms with Gasteiger partial charge in [0.15, 0.2) is 11.9 Å². The van der Waals surface area contributed by atoms with Gasteiger partial charge in [0.1, 0.15) is 0 Å². The summed E-state index contributed by atoms with van der Waals surface area (Å²) in [6.45, 7) is 6.50. The van der Waals surface area contributed by atoms with Crippen molar-refractivity contribution in [3.63, 3.8) is 0 Å². The second-order valence-corrected chi connectivity index (χ2v) is 8.80. The maximum absolute atomic E-state index is 14.4. The van der Waals surface area contributed by atoms with Crippen LogP contribution in [0.15, 0.2) is 47.5 Å². The van der Waals surface area contributed by atoms with Crippen molar-refractivity contribution in [1.82, 2.24) is 15.3 Å². The molecule has 33 heavy (non-hydrogen) atoms. The largest absolute Gasteiger partial charge is 0.496 e. The van der Waals surface area contributed by atoms with E-state index in [0.29, 0.717) is 17.3 Å². The van der Waals surface area contributed by atoms with E-state index in [9.17, 15) is 17.6 Å². The fraction of sp³-hybridized carbons (Fsp3) is 0.450. The summed E-state index contributed by atoms with van der Waals surface area (Å²) in [6, 6.07) is 0.987. The molecule has 2 aliphatic rings. The summed E-state index contributed by atoms with van der Waals surface area (Å²) in [4.78, 5) is 3.68. The summed E-state index contributed by atoms with van der Waals surface area (Å²) >= 11 is 5.99. The van der Waals surface area contributed by atoms with Gasteiger partial charge in [-0.1, -0.05) is 11.6 Å². The van der Waals surface area contributed by atoms with Gasteiger partial charge in [0.05, 0.1) is 16.9 Å². The first kappa shape index (κ1) is 25.3. The first-order valence-corrected chi connectivity index (χ1v) is 10.4. The third-order valence-corrected chi connectivity index (χ3v) is 5.80. The van der Waals surface area contributed by atoms with Crippen LogP contribution in [0.4, 0.5) is 17.6 Å². The van der Waals surface area contributed by atoms with Crippen LogP contribution in [0.3, 0.4) is 0 Å². The standard InChI is InChI=1S/C20H24BClF4N4O3/c1-12(20(24,25)26)31-17-16(23)7-13(9-29-17)21-32-18(2,3)19(4,33-21)11-28-10-15-8-14(22)5-6-30(15)27/h5-10,12,28H,11,27H2,1-4H3/b15-10-/t12-,19?/m0/s1. The van der Waals surface area contributed by atoms with Crippen LogP contribution >= 0.6 is 11.6 Å². The van der Waals surface area contributed by atoms with Gasteiger partial charge in [-0.15, -0.1) is 0 Å². The van der Waals surface area contributed by atoms with E-state index in [2.05, 4.69) is 15.0 Å². The zero-order valence-electron chi connectivity index (χ0n) is 18.4. The van der Waals surface area contributed by atoms with Crippen LogP contribution in [0.5, 0.6) is 5.88 Å². The maximum atomic E-state index is 14.4. The van der Waals surface area contributed by atoms with E-state index in [0.717, 1.165) is 19.2 Å². The van der Waals surface area contributed by atoms with Gasteiger partial charge in [0.2, 0.25) is 0 Å².